The fourth-order valence-electron chi connectivity index (χ4n) is 5.50. The van der Waals surface area contributed by atoms with E-state index < -0.39 is 51.2 Å². The van der Waals surface area contributed by atoms with E-state index in [2.05, 4.69) is 20.3 Å². The van der Waals surface area contributed by atoms with Crippen LogP contribution < -0.4 is 15.4 Å². The Bertz CT molecular complexity index is 1550. The highest BCUT2D eigenvalue weighted by molar-refractivity contribution is 7.84. The molecule has 2 aromatic carbocycles. The van der Waals surface area contributed by atoms with Crippen molar-refractivity contribution in [2.24, 2.45) is 5.92 Å². The topological polar surface area (TPSA) is 124 Å². The lowest BCUT2D eigenvalue weighted by Gasteiger charge is -2.38. The maximum atomic E-state index is 15.4. The van der Waals surface area contributed by atoms with Gasteiger partial charge in [0.15, 0.2) is 0 Å². The zero-order chi connectivity index (χ0) is 32.4. The van der Waals surface area contributed by atoms with Crippen molar-refractivity contribution < 1.29 is 23.3 Å². The van der Waals surface area contributed by atoms with Gasteiger partial charge in [-0.1, -0.05) is 36.6 Å². The summed E-state index contributed by atoms with van der Waals surface area (Å²) in [5.41, 5.74) is 0.794. The van der Waals surface area contributed by atoms with Crippen LogP contribution in [0.3, 0.4) is 0 Å². The monoisotopic (exact) mass is 655 g/mol. The molecule has 2 heterocycles. The van der Waals surface area contributed by atoms with E-state index in [4.69, 9.17) is 11.6 Å². The lowest BCUT2D eigenvalue weighted by Crippen LogP contribution is -2.49. The second kappa shape index (κ2) is 13.5. The molecule has 3 unspecified atom stereocenters. The van der Waals surface area contributed by atoms with Crippen molar-refractivity contribution >= 4 is 45.9 Å². The van der Waals surface area contributed by atoms with E-state index in [1.807, 2.05) is 32.9 Å². The van der Waals surface area contributed by atoms with Crippen molar-refractivity contribution in [1.82, 2.24) is 14.6 Å². The SMILES string of the molecule is CC(C)(C)[S@](=O)NC(CCC1CC1)(c1cccnc1)c1ccc(F)c(NC(=O)C2CC(O)CN2C(=O)Nc2ccc(Cl)cc2)c1. The van der Waals surface area contributed by atoms with Gasteiger partial charge in [0.2, 0.25) is 5.91 Å². The minimum absolute atomic E-state index is 0.00564. The normalized spacial score (nSPS) is 20.4. The number of nitrogens with zero attached hydrogens (tertiary/aromatic N) is 2. The number of anilines is 2. The molecule has 9 nitrogen and oxygen atoms in total. The van der Waals surface area contributed by atoms with E-state index in [0.29, 0.717) is 28.6 Å². The van der Waals surface area contributed by atoms with Gasteiger partial charge in [-0.25, -0.2) is 18.1 Å². The van der Waals surface area contributed by atoms with Gasteiger partial charge in [-0.3, -0.25) is 9.78 Å². The van der Waals surface area contributed by atoms with Gasteiger partial charge in [0.05, 0.1) is 33.1 Å². The van der Waals surface area contributed by atoms with Gasteiger partial charge in [-0.2, -0.15) is 0 Å². The van der Waals surface area contributed by atoms with Gasteiger partial charge in [0, 0.05) is 36.1 Å². The molecular weight excluding hydrogens is 617 g/mol. The Balaban J connectivity index is 1.45. The largest absolute Gasteiger partial charge is 0.391 e. The summed E-state index contributed by atoms with van der Waals surface area (Å²) in [6.07, 6.45) is 6.16. The fraction of sp³-hybridized carbons (Fsp3) is 0.424. The zero-order valence-electron chi connectivity index (χ0n) is 25.6. The number of urea groups is 1. The van der Waals surface area contributed by atoms with E-state index in [9.17, 15) is 18.9 Å². The number of benzene rings is 2. The first kappa shape index (κ1) is 33.0. The number of aliphatic hydroxyl groups is 1. The number of hydrogen-bond donors (Lipinski definition) is 4. The summed E-state index contributed by atoms with van der Waals surface area (Å²) in [6, 6.07) is 13.1. The summed E-state index contributed by atoms with van der Waals surface area (Å²) in [5.74, 6) is -0.739. The molecule has 4 atom stereocenters. The molecule has 1 aromatic heterocycles. The average molecular weight is 656 g/mol. The van der Waals surface area contributed by atoms with Crippen molar-refractivity contribution in [3.8, 4) is 0 Å². The molecule has 4 N–H and O–H groups in total. The van der Waals surface area contributed by atoms with Crippen LogP contribution in [0, 0.1) is 11.7 Å². The van der Waals surface area contributed by atoms with Crippen LogP contribution >= 0.6 is 11.6 Å². The predicted octanol–water partition coefficient (Wildman–Crippen LogP) is 5.97. The van der Waals surface area contributed by atoms with Gasteiger partial charge in [-0.15, -0.1) is 0 Å². The number of aliphatic hydroxyl groups excluding tert-OH is 1. The average Bonchev–Trinajstić information content (AvgIpc) is 3.75. The molecule has 1 saturated heterocycles. The highest BCUT2D eigenvalue weighted by Crippen LogP contribution is 2.42. The van der Waals surface area contributed by atoms with Gasteiger partial charge in [0.1, 0.15) is 11.9 Å². The molecular formula is C33H39ClFN5O4S. The summed E-state index contributed by atoms with van der Waals surface area (Å²) >= 11 is 5.94. The quantitative estimate of drug-likeness (QED) is 0.214. The number of aromatic nitrogens is 1. The van der Waals surface area contributed by atoms with Crippen LogP contribution in [0.5, 0.6) is 0 Å². The number of rotatable bonds is 10. The number of nitrogens with one attached hydrogen (secondary N) is 3. The highest BCUT2D eigenvalue weighted by Gasteiger charge is 2.42. The minimum atomic E-state index is -1.50. The molecule has 0 radical (unpaired) electrons. The Morgan fingerprint density at radius 2 is 1.82 bits per heavy atom. The van der Waals surface area contributed by atoms with Crippen LogP contribution in [0.25, 0.3) is 0 Å². The first-order valence-corrected chi connectivity index (χ1v) is 16.6. The summed E-state index contributed by atoms with van der Waals surface area (Å²) < 4.78 is 31.8. The number of carbonyl (C=O) groups is 2. The summed E-state index contributed by atoms with van der Waals surface area (Å²) in [5, 5.41) is 16.3. The lowest BCUT2D eigenvalue weighted by molar-refractivity contribution is -0.119. The summed E-state index contributed by atoms with van der Waals surface area (Å²) in [6.45, 7) is 5.58. The molecule has 12 heteroatoms. The molecule has 240 valence electrons. The van der Waals surface area contributed by atoms with Gasteiger partial charge < -0.3 is 20.6 Å². The molecule has 1 aliphatic carbocycles. The summed E-state index contributed by atoms with van der Waals surface area (Å²) in [7, 11) is -1.50. The van der Waals surface area contributed by atoms with Crippen molar-refractivity contribution in [2.45, 2.75) is 75.3 Å². The van der Waals surface area contributed by atoms with E-state index in [0.717, 1.165) is 24.8 Å². The second-order valence-corrected chi connectivity index (χ2v) is 15.2. The van der Waals surface area contributed by atoms with Crippen molar-refractivity contribution in [2.75, 3.05) is 17.2 Å². The van der Waals surface area contributed by atoms with E-state index >= 15 is 4.39 Å². The standard InChI is InChI=1S/C33H39ClFN5O4S/c1-32(2,3)45(44)39-33(15-14-21-6-7-21,23-5-4-16-36-19-23)22-8-13-27(35)28(17-22)38-30(42)29-18-26(41)20-40(29)31(43)37-25-11-9-24(34)10-12-25/h4-5,8-13,16-17,19,21,26,29,39,41H,6-7,14-15,18,20H2,1-3H3,(H,37,43)(H,38,42)/t26?,29?,33?,45-/m0/s1. The fourth-order valence-corrected chi connectivity index (χ4v) is 6.58. The molecule has 5 rings (SSSR count). The molecule has 0 bridgehead atoms. The number of halogens is 2. The third-order valence-electron chi connectivity index (χ3n) is 8.26. The van der Waals surface area contributed by atoms with Crippen LogP contribution in [0.4, 0.5) is 20.6 Å². The third-order valence-corrected chi connectivity index (χ3v) is 10.2. The Hall–Kier alpha value is -3.38. The molecule has 2 aliphatic rings. The second-order valence-electron chi connectivity index (χ2n) is 12.8. The Morgan fingerprint density at radius 1 is 1.09 bits per heavy atom. The van der Waals surface area contributed by atoms with Crippen LogP contribution in [0.2, 0.25) is 5.02 Å². The smallest absolute Gasteiger partial charge is 0.322 e. The van der Waals surface area contributed by atoms with E-state index in [1.165, 1.54) is 11.0 Å². The van der Waals surface area contributed by atoms with Crippen LogP contribution in [0.15, 0.2) is 67.0 Å². The minimum Gasteiger partial charge on any atom is -0.391 e. The highest BCUT2D eigenvalue weighted by atomic mass is 35.5. The first-order valence-electron chi connectivity index (χ1n) is 15.1. The molecule has 1 saturated carbocycles. The molecule has 3 amide bonds. The van der Waals surface area contributed by atoms with Crippen LogP contribution in [0.1, 0.15) is 64.0 Å². The molecule has 0 spiro atoms. The number of likely N-dealkylation sites (tertiary alicyclic amines) is 1. The number of pyridine rings is 1. The van der Waals surface area contributed by atoms with Crippen molar-refractivity contribution in [1.29, 1.82) is 0 Å². The predicted molar refractivity (Wildman–Crippen MR) is 175 cm³/mol. The first-order chi connectivity index (χ1) is 21.4. The lowest BCUT2D eigenvalue weighted by atomic mass is 9.80. The van der Waals surface area contributed by atoms with Gasteiger partial charge >= 0.3 is 6.03 Å². The number of β-amino-alcohol motifs (C(OH)–C–C–N with tert-alkyl or cyclic N) is 1. The molecule has 3 aromatic rings. The number of hydrogen-bond acceptors (Lipinski definition) is 5. The molecule has 1 aliphatic heterocycles. The molecule has 2 fully saturated rings. The Morgan fingerprint density at radius 3 is 2.47 bits per heavy atom. The van der Waals surface area contributed by atoms with Crippen molar-refractivity contribution in [3.05, 3.63) is 89.0 Å². The van der Waals surface area contributed by atoms with Crippen LogP contribution in [-0.4, -0.2) is 54.6 Å². The number of carbonyl (C=O) groups excluding carboxylic acids is 2. The maximum Gasteiger partial charge on any atom is 0.322 e. The van der Waals surface area contributed by atoms with Crippen molar-refractivity contribution in [3.63, 3.8) is 0 Å². The van der Waals surface area contributed by atoms with Crippen LogP contribution in [-0.2, 0) is 21.3 Å². The Labute approximate surface area is 270 Å². The Kier molecular flexibility index (Phi) is 9.93. The molecule has 45 heavy (non-hydrogen) atoms. The maximum absolute atomic E-state index is 15.4. The van der Waals surface area contributed by atoms with Gasteiger partial charge in [0.25, 0.3) is 0 Å². The number of amides is 3. The summed E-state index contributed by atoms with van der Waals surface area (Å²) in [4.78, 5) is 32.3. The third kappa shape index (κ3) is 7.89. The van der Waals surface area contributed by atoms with E-state index in [1.54, 1.807) is 48.8 Å². The van der Waals surface area contributed by atoms with E-state index in [-0.39, 0.29) is 18.7 Å². The zero-order valence-corrected chi connectivity index (χ0v) is 27.1. The van der Waals surface area contributed by atoms with Gasteiger partial charge in [-0.05, 0) is 93.1 Å².